The predicted octanol–water partition coefficient (Wildman–Crippen LogP) is 8.85. The summed E-state index contributed by atoms with van der Waals surface area (Å²) in [5.41, 5.74) is 0. The van der Waals surface area contributed by atoms with E-state index in [2.05, 4.69) is 98.9 Å². The minimum atomic E-state index is -1.14. The zero-order valence-electron chi connectivity index (χ0n) is 33.2. The Balaban J connectivity index is 4.44. The number of hydrogen-bond donors (Lipinski definition) is 0. The molecule has 0 saturated carbocycles. The summed E-state index contributed by atoms with van der Waals surface area (Å²) in [4.78, 5) is 36.6. The Hall–Kier alpha value is -3.49. The summed E-state index contributed by atoms with van der Waals surface area (Å²) in [6.07, 6.45) is 43.4. The van der Waals surface area contributed by atoms with Gasteiger partial charge in [-0.2, -0.15) is 0 Å². The number of allylic oxidation sites excluding steroid dienone is 14. The van der Waals surface area contributed by atoms with E-state index in [1.165, 1.54) is 0 Å². The molecule has 0 aromatic carbocycles. The van der Waals surface area contributed by atoms with Gasteiger partial charge in [0.1, 0.15) is 12.6 Å². The Morgan fingerprint density at radius 2 is 1.02 bits per heavy atom. The first-order valence-electron chi connectivity index (χ1n) is 19.6. The molecular formula is C44H71NO7. The van der Waals surface area contributed by atoms with Crippen molar-refractivity contribution < 1.29 is 38.2 Å². The molecule has 0 N–H and O–H groups in total. The zero-order chi connectivity index (χ0) is 38.5. The molecular weight excluding hydrogens is 654 g/mol. The predicted molar refractivity (Wildman–Crippen MR) is 212 cm³/mol. The lowest BCUT2D eigenvalue weighted by Gasteiger charge is -2.34. The minimum absolute atomic E-state index is 0.0111. The highest BCUT2D eigenvalue weighted by Crippen LogP contribution is 2.11. The van der Waals surface area contributed by atoms with Crippen molar-refractivity contribution in [3.63, 3.8) is 0 Å². The third-order valence-electron chi connectivity index (χ3n) is 8.03. The Labute approximate surface area is 316 Å². The van der Waals surface area contributed by atoms with Gasteiger partial charge in [0.25, 0.3) is 0 Å². The van der Waals surface area contributed by atoms with E-state index in [0.717, 1.165) is 83.5 Å². The lowest BCUT2D eigenvalue weighted by molar-refractivity contribution is -0.889. The van der Waals surface area contributed by atoms with Gasteiger partial charge in [0.2, 0.25) is 0 Å². The molecule has 0 fully saturated rings. The number of ether oxygens (including phenoxy) is 3. The number of quaternary nitrogens is 1. The van der Waals surface area contributed by atoms with Crippen LogP contribution in [0.2, 0.25) is 0 Å². The van der Waals surface area contributed by atoms with E-state index in [1.54, 1.807) is 21.1 Å². The monoisotopic (exact) mass is 726 g/mol. The Morgan fingerprint density at radius 3 is 1.50 bits per heavy atom. The molecule has 0 saturated heterocycles. The van der Waals surface area contributed by atoms with Gasteiger partial charge in [0, 0.05) is 19.3 Å². The van der Waals surface area contributed by atoms with Gasteiger partial charge >= 0.3 is 11.9 Å². The summed E-state index contributed by atoms with van der Waals surface area (Å²) in [5.74, 6) is -1.84. The summed E-state index contributed by atoms with van der Waals surface area (Å²) >= 11 is 0. The fourth-order valence-corrected chi connectivity index (χ4v) is 5.01. The van der Waals surface area contributed by atoms with Gasteiger partial charge in [0.05, 0.1) is 40.3 Å². The number of unbranched alkanes of at least 4 members (excludes halogenated alkanes) is 5. The average Bonchev–Trinajstić information content (AvgIpc) is 3.09. The van der Waals surface area contributed by atoms with Crippen molar-refractivity contribution in [2.45, 2.75) is 135 Å². The number of carbonyl (C=O) groups is 3. The zero-order valence-corrected chi connectivity index (χ0v) is 33.2. The second kappa shape index (κ2) is 34.6. The molecule has 2 atom stereocenters. The van der Waals surface area contributed by atoms with Gasteiger partial charge in [-0.25, -0.2) is 0 Å². The fraction of sp³-hybridized carbons (Fsp3) is 0.614. The quantitative estimate of drug-likeness (QED) is 0.0288. The van der Waals surface area contributed by atoms with Crippen LogP contribution in [0.3, 0.4) is 0 Å². The van der Waals surface area contributed by atoms with Crippen LogP contribution in [-0.4, -0.2) is 75.5 Å². The first-order valence-corrected chi connectivity index (χ1v) is 19.6. The smallest absolute Gasteiger partial charge is 0.306 e. The van der Waals surface area contributed by atoms with E-state index in [1.807, 2.05) is 0 Å². The van der Waals surface area contributed by atoms with Gasteiger partial charge in [-0.05, 0) is 83.5 Å². The molecule has 294 valence electrons. The van der Waals surface area contributed by atoms with Crippen molar-refractivity contribution in [1.29, 1.82) is 0 Å². The number of esters is 2. The molecule has 0 rings (SSSR count). The Kier molecular flexibility index (Phi) is 32.3. The van der Waals surface area contributed by atoms with Crippen molar-refractivity contribution in [3.8, 4) is 0 Å². The third-order valence-corrected chi connectivity index (χ3v) is 8.03. The molecule has 0 radical (unpaired) electrons. The van der Waals surface area contributed by atoms with Crippen molar-refractivity contribution in [2.75, 3.05) is 41.0 Å². The number of hydrogen-bond acceptors (Lipinski definition) is 7. The minimum Gasteiger partial charge on any atom is -0.544 e. The van der Waals surface area contributed by atoms with Crippen LogP contribution in [0.5, 0.6) is 0 Å². The summed E-state index contributed by atoms with van der Waals surface area (Å²) in [6.45, 7) is 4.31. The second-order valence-electron chi connectivity index (χ2n) is 13.7. The van der Waals surface area contributed by atoms with E-state index in [4.69, 9.17) is 14.2 Å². The summed E-state index contributed by atoms with van der Waals surface area (Å²) in [6, 6.07) is -0.739. The van der Waals surface area contributed by atoms with Crippen molar-refractivity contribution in [1.82, 2.24) is 0 Å². The SMILES string of the molecule is CC/C=C/C/C=C/C/C=C/C/C=C/C/C=C/CCCCCC(=O)OCC(COCCC(C(=O)[O-])[N+](C)(C)C)OC(=O)CCCC/C=C/C/C=C/CC. The molecule has 52 heavy (non-hydrogen) atoms. The van der Waals surface area contributed by atoms with Gasteiger partial charge < -0.3 is 28.6 Å². The van der Waals surface area contributed by atoms with Crippen LogP contribution in [-0.2, 0) is 28.6 Å². The number of carbonyl (C=O) groups excluding carboxylic acids is 3. The largest absolute Gasteiger partial charge is 0.544 e. The third kappa shape index (κ3) is 32.4. The molecule has 0 aliphatic rings. The lowest BCUT2D eigenvalue weighted by Crippen LogP contribution is -2.55. The van der Waals surface area contributed by atoms with Gasteiger partial charge in [-0.3, -0.25) is 9.59 Å². The van der Waals surface area contributed by atoms with Crippen LogP contribution in [0.15, 0.2) is 85.1 Å². The van der Waals surface area contributed by atoms with E-state index in [9.17, 15) is 19.5 Å². The number of nitrogens with zero attached hydrogens (tertiary/aromatic N) is 1. The van der Waals surface area contributed by atoms with E-state index in [-0.39, 0.29) is 49.1 Å². The number of likely N-dealkylation sites (N-methyl/N-ethyl adjacent to an activating group) is 1. The molecule has 8 heteroatoms. The molecule has 0 heterocycles. The van der Waals surface area contributed by atoms with Crippen LogP contribution < -0.4 is 5.11 Å². The summed E-state index contributed by atoms with van der Waals surface area (Å²) in [7, 11) is 5.36. The average molecular weight is 726 g/mol. The lowest BCUT2D eigenvalue weighted by atomic mass is 10.1. The van der Waals surface area contributed by atoms with Crippen LogP contribution in [0.4, 0.5) is 0 Å². The molecule has 2 unspecified atom stereocenters. The summed E-state index contributed by atoms with van der Waals surface area (Å²) < 4.78 is 17.0. The normalized spacial score (nSPS) is 13.9. The first kappa shape index (κ1) is 48.5. The second-order valence-corrected chi connectivity index (χ2v) is 13.7. The Bertz CT molecular complexity index is 1120. The van der Waals surface area contributed by atoms with Gasteiger partial charge in [0.15, 0.2) is 6.10 Å². The highest BCUT2D eigenvalue weighted by atomic mass is 16.6. The summed E-state index contributed by atoms with van der Waals surface area (Å²) in [5, 5.41) is 11.6. The maximum atomic E-state index is 12.6. The maximum absolute atomic E-state index is 12.6. The molecule has 0 aliphatic carbocycles. The highest BCUT2D eigenvalue weighted by Gasteiger charge is 2.25. The molecule has 0 bridgehead atoms. The van der Waals surface area contributed by atoms with Crippen molar-refractivity contribution >= 4 is 17.9 Å². The van der Waals surface area contributed by atoms with Crippen molar-refractivity contribution in [2.24, 2.45) is 0 Å². The van der Waals surface area contributed by atoms with Gasteiger partial charge in [-0.15, -0.1) is 0 Å². The van der Waals surface area contributed by atoms with E-state index >= 15 is 0 Å². The Morgan fingerprint density at radius 1 is 0.577 bits per heavy atom. The number of carboxylic acids is 1. The highest BCUT2D eigenvalue weighted by molar-refractivity contribution is 5.70. The molecule has 0 amide bonds. The van der Waals surface area contributed by atoms with Crippen molar-refractivity contribution in [3.05, 3.63) is 85.1 Å². The van der Waals surface area contributed by atoms with Crippen LogP contribution >= 0.6 is 0 Å². The molecule has 8 nitrogen and oxygen atoms in total. The molecule has 0 aromatic heterocycles. The fourth-order valence-electron chi connectivity index (χ4n) is 5.01. The molecule has 0 spiro atoms. The number of rotatable bonds is 33. The van der Waals surface area contributed by atoms with Crippen LogP contribution in [0, 0.1) is 0 Å². The van der Waals surface area contributed by atoms with Crippen LogP contribution in [0.25, 0.3) is 0 Å². The van der Waals surface area contributed by atoms with E-state index < -0.39 is 18.1 Å². The first-order chi connectivity index (χ1) is 25.1. The molecule has 0 aromatic rings. The topological polar surface area (TPSA) is 102 Å². The maximum Gasteiger partial charge on any atom is 0.306 e. The van der Waals surface area contributed by atoms with E-state index in [0.29, 0.717) is 12.8 Å². The standard InChI is InChI=1S/C44H71NO7/c1-6-8-10-12-14-16-17-18-19-20-21-22-23-24-25-27-28-30-32-34-42(46)51-39-40(38-50-37-36-41(44(48)49)45(3,4)5)52-43(47)35-33-31-29-26-15-13-11-9-7-2/h8-11,14-16,18-19,21-22,24-26,40-41H,6-7,12-13,17,20,23,27-39H2,1-5H3/b10-8+,11-9+,16-14+,19-18+,22-21+,25-24+,26-15+. The van der Waals surface area contributed by atoms with Crippen LogP contribution in [0.1, 0.15) is 123 Å². The van der Waals surface area contributed by atoms with Gasteiger partial charge in [-0.1, -0.05) is 105 Å². The number of carboxylic acid groups (broad SMARTS) is 1. The number of aliphatic carboxylic acids is 1. The molecule has 0 aliphatic heterocycles.